The molecule has 0 unspecified atom stereocenters. The van der Waals surface area contributed by atoms with Crippen molar-refractivity contribution in [3.8, 4) is 0 Å². The van der Waals surface area contributed by atoms with E-state index >= 15 is 0 Å². The van der Waals surface area contributed by atoms with Crippen LogP contribution in [0.1, 0.15) is 61.9 Å². The highest BCUT2D eigenvalue weighted by Gasteiger charge is 2.46. The molecule has 1 aliphatic carbocycles. The minimum Gasteiger partial charge on any atom is -0.480 e. The zero-order chi connectivity index (χ0) is 16.9. The summed E-state index contributed by atoms with van der Waals surface area (Å²) in [7, 11) is 0. The number of aliphatic carboxylic acids is 1. The lowest BCUT2D eigenvalue weighted by Gasteiger charge is -2.38. The van der Waals surface area contributed by atoms with E-state index in [4.69, 9.17) is 0 Å². The molecule has 0 saturated heterocycles. The molecular weight excluding hydrogens is 290 g/mol. The fraction of sp³-hybridized carbons (Fsp3) is 0.579. The molecule has 1 aromatic rings. The quantitative estimate of drug-likeness (QED) is 0.718. The first-order valence-corrected chi connectivity index (χ1v) is 8.50. The van der Waals surface area contributed by atoms with Crippen molar-refractivity contribution in [2.45, 2.75) is 58.0 Å². The summed E-state index contributed by atoms with van der Waals surface area (Å²) in [5, 5.41) is 13.4. The first-order valence-electron chi connectivity index (χ1n) is 8.50. The van der Waals surface area contributed by atoms with Crippen LogP contribution in [0.15, 0.2) is 24.3 Å². The zero-order valence-electron chi connectivity index (χ0n) is 14.0. The lowest BCUT2D eigenvalue weighted by molar-refractivity contribution is -0.148. The van der Waals surface area contributed by atoms with Gasteiger partial charge in [0.15, 0.2) is 0 Å². The van der Waals surface area contributed by atoms with E-state index in [2.05, 4.69) is 19.2 Å². The third-order valence-electron chi connectivity index (χ3n) is 4.89. The molecule has 2 rings (SSSR count). The number of carboxylic acids is 1. The topological polar surface area (TPSA) is 66.4 Å². The van der Waals surface area contributed by atoms with E-state index in [1.165, 1.54) is 0 Å². The smallest absolute Gasteiger partial charge is 0.324 e. The molecule has 0 aromatic heterocycles. The molecule has 1 saturated carbocycles. The van der Waals surface area contributed by atoms with Gasteiger partial charge in [-0.1, -0.05) is 51.0 Å². The van der Waals surface area contributed by atoms with Gasteiger partial charge >= 0.3 is 5.97 Å². The van der Waals surface area contributed by atoms with Crippen LogP contribution in [0.5, 0.6) is 0 Å². The number of carbonyl (C=O) groups excluding carboxylic acids is 1. The zero-order valence-corrected chi connectivity index (χ0v) is 14.0. The molecular formula is C19H27NO3. The number of carboxylic acid groups (broad SMARTS) is 1. The van der Waals surface area contributed by atoms with Crippen molar-refractivity contribution in [3.63, 3.8) is 0 Å². The largest absolute Gasteiger partial charge is 0.480 e. The number of carbonyl (C=O) groups is 2. The van der Waals surface area contributed by atoms with Crippen LogP contribution in [0.2, 0.25) is 0 Å². The van der Waals surface area contributed by atoms with Gasteiger partial charge in [0.2, 0.25) is 0 Å². The highest BCUT2D eigenvalue weighted by Crippen LogP contribution is 2.38. The summed E-state index contributed by atoms with van der Waals surface area (Å²) < 4.78 is 0. The molecule has 1 fully saturated rings. The maximum atomic E-state index is 12.2. The highest BCUT2D eigenvalue weighted by molar-refractivity contribution is 5.79. The fourth-order valence-electron chi connectivity index (χ4n) is 3.76. The molecule has 1 aromatic carbocycles. The van der Waals surface area contributed by atoms with Crippen LogP contribution in [-0.4, -0.2) is 22.9 Å². The Kier molecular flexibility index (Phi) is 5.94. The normalized spacial score (nSPS) is 18.0. The van der Waals surface area contributed by atoms with Gasteiger partial charge in [-0.2, -0.15) is 0 Å². The lowest BCUT2D eigenvalue weighted by atomic mass is 9.76. The number of rotatable bonds is 8. The van der Waals surface area contributed by atoms with E-state index in [0.717, 1.165) is 37.5 Å². The third-order valence-corrected chi connectivity index (χ3v) is 4.89. The van der Waals surface area contributed by atoms with Crippen molar-refractivity contribution in [3.05, 3.63) is 35.4 Å². The van der Waals surface area contributed by atoms with E-state index < -0.39 is 11.5 Å². The van der Waals surface area contributed by atoms with Crippen LogP contribution in [-0.2, 0) is 11.3 Å². The molecule has 0 aliphatic heterocycles. The number of aldehydes is 1. The van der Waals surface area contributed by atoms with Crippen LogP contribution in [0.3, 0.4) is 0 Å². The van der Waals surface area contributed by atoms with Gasteiger partial charge in [0.05, 0.1) is 0 Å². The summed E-state index contributed by atoms with van der Waals surface area (Å²) in [6.07, 6.45) is 5.66. The van der Waals surface area contributed by atoms with Crippen molar-refractivity contribution < 1.29 is 14.7 Å². The summed E-state index contributed by atoms with van der Waals surface area (Å²) in [5.74, 6) is -0.226. The second kappa shape index (κ2) is 7.73. The van der Waals surface area contributed by atoms with E-state index in [1.807, 2.05) is 12.1 Å². The first kappa shape index (κ1) is 17.7. The van der Waals surface area contributed by atoms with Gasteiger partial charge in [-0.25, -0.2) is 0 Å². The van der Waals surface area contributed by atoms with Crippen molar-refractivity contribution >= 4 is 12.3 Å². The Labute approximate surface area is 138 Å². The first-order chi connectivity index (χ1) is 11.0. The van der Waals surface area contributed by atoms with Crippen LogP contribution in [0.4, 0.5) is 0 Å². The van der Waals surface area contributed by atoms with Crippen LogP contribution >= 0.6 is 0 Å². The number of hydrogen-bond donors (Lipinski definition) is 2. The van der Waals surface area contributed by atoms with Crippen molar-refractivity contribution in [2.24, 2.45) is 11.8 Å². The van der Waals surface area contributed by atoms with Gasteiger partial charge in [-0.3, -0.25) is 14.9 Å². The Hall–Kier alpha value is -1.68. The predicted molar refractivity (Wildman–Crippen MR) is 90.4 cm³/mol. The molecule has 0 spiro atoms. The molecule has 0 heterocycles. The summed E-state index contributed by atoms with van der Waals surface area (Å²) in [6.45, 7) is 4.66. The average Bonchev–Trinajstić information content (AvgIpc) is 3.06. The number of hydrogen-bond acceptors (Lipinski definition) is 3. The van der Waals surface area contributed by atoms with E-state index in [9.17, 15) is 14.7 Å². The van der Waals surface area contributed by atoms with Crippen molar-refractivity contribution in [1.82, 2.24) is 5.32 Å². The third kappa shape index (κ3) is 4.20. The fourth-order valence-corrected chi connectivity index (χ4v) is 3.76. The van der Waals surface area contributed by atoms with Gasteiger partial charge in [0, 0.05) is 12.1 Å². The van der Waals surface area contributed by atoms with Crippen molar-refractivity contribution in [2.75, 3.05) is 0 Å². The maximum Gasteiger partial charge on any atom is 0.324 e. The summed E-state index contributed by atoms with van der Waals surface area (Å²) in [4.78, 5) is 22.9. The SMILES string of the molecule is CC(C)C[C@@](NCc1ccc(C=O)cc1)(C(=O)O)C1CCCC1. The Balaban J connectivity index is 2.17. The second-order valence-electron chi connectivity index (χ2n) is 7.07. The summed E-state index contributed by atoms with van der Waals surface area (Å²) in [5.41, 5.74) is 0.785. The monoisotopic (exact) mass is 317 g/mol. The van der Waals surface area contributed by atoms with E-state index in [-0.39, 0.29) is 5.92 Å². The average molecular weight is 317 g/mol. The van der Waals surface area contributed by atoms with E-state index in [1.54, 1.807) is 12.1 Å². The van der Waals surface area contributed by atoms with Crippen molar-refractivity contribution in [1.29, 1.82) is 0 Å². The maximum absolute atomic E-state index is 12.2. The molecule has 4 heteroatoms. The van der Waals surface area contributed by atoms with Gasteiger partial charge in [-0.15, -0.1) is 0 Å². The van der Waals surface area contributed by atoms with E-state index in [0.29, 0.717) is 24.4 Å². The van der Waals surface area contributed by atoms with Gasteiger partial charge < -0.3 is 5.11 Å². The second-order valence-corrected chi connectivity index (χ2v) is 7.07. The number of benzene rings is 1. The summed E-state index contributed by atoms with van der Waals surface area (Å²) >= 11 is 0. The van der Waals surface area contributed by atoms with Gasteiger partial charge in [0.25, 0.3) is 0 Å². The summed E-state index contributed by atoms with van der Waals surface area (Å²) in [6, 6.07) is 7.30. The van der Waals surface area contributed by atoms with Gasteiger partial charge in [-0.05, 0) is 36.7 Å². The minimum atomic E-state index is -0.853. The lowest BCUT2D eigenvalue weighted by Crippen LogP contribution is -2.57. The van der Waals surface area contributed by atoms with Crippen LogP contribution < -0.4 is 5.32 Å². The molecule has 126 valence electrons. The highest BCUT2D eigenvalue weighted by atomic mass is 16.4. The molecule has 1 aliphatic rings. The van der Waals surface area contributed by atoms with Gasteiger partial charge in [0.1, 0.15) is 11.8 Å². The Morgan fingerprint density at radius 3 is 2.39 bits per heavy atom. The molecule has 0 bridgehead atoms. The Morgan fingerprint density at radius 1 is 1.30 bits per heavy atom. The molecule has 0 radical (unpaired) electrons. The number of nitrogens with one attached hydrogen (secondary N) is 1. The molecule has 4 nitrogen and oxygen atoms in total. The van der Waals surface area contributed by atoms with Crippen LogP contribution in [0, 0.1) is 11.8 Å². The standard InChI is InChI=1S/C19H27NO3/c1-14(2)11-19(18(22)23,17-5-3-4-6-17)20-12-15-7-9-16(13-21)10-8-15/h7-10,13-14,17,20H,3-6,11-12H2,1-2H3,(H,22,23)/t19-/m0/s1. The molecule has 0 amide bonds. The van der Waals surface area contributed by atoms with Crippen LogP contribution in [0.25, 0.3) is 0 Å². The minimum absolute atomic E-state index is 0.191. The Morgan fingerprint density at radius 2 is 1.91 bits per heavy atom. The molecule has 1 atom stereocenters. The molecule has 23 heavy (non-hydrogen) atoms. The predicted octanol–water partition coefficient (Wildman–Crippen LogP) is 3.65. The molecule has 2 N–H and O–H groups in total. The Bertz CT molecular complexity index is 532.